The minimum Gasteiger partial charge on any atom is -0.493 e. The molecule has 7 heteroatoms. The number of aryl methyl sites for hydroxylation is 1. The molecule has 7 nitrogen and oxygen atoms in total. The number of carbonyl (C=O) groups is 2. The quantitative estimate of drug-likeness (QED) is 0.597. The summed E-state index contributed by atoms with van der Waals surface area (Å²) in [5.41, 5.74) is 3.14. The lowest BCUT2D eigenvalue weighted by Gasteiger charge is -2.35. The molecule has 1 aromatic heterocycles. The largest absolute Gasteiger partial charge is 0.493 e. The van der Waals surface area contributed by atoms with Gasteiger partial charge >= 0.3 is 0 Å². The zero-order chi connectivity index (χ0) is 23.5. The summed E-state index contributed by atoms with van der Waals surface area (Å²) in [6.45, 7) is 4.35. The molecule has 0 bridgehead atoms. The van der Waals surface area contributed by atoms with Crippen molar-refractivity contribution in [2.24, 2.45) is 5.92 Å². The molecule has 2 aliphatic heterocycles. The number of ether oxygens (including phenoxy) is 1. The number of para-hydroxylation sites is 1. The standard InChI is InChI=1S/C27H32N4O3/c1-19-11-12-22-23(17-19)29-26(28-22)24-10-6-15-31(24)27(33)20-7-5-14-30(18-20)25(32)13-16-34-21-8-3-2-4-9-21/h2-4,8-9,11-12,17,20,24H,5-7,10,13-16,18H2,1H3,(H,28,29). The first kappa shape index (κ1) is 22.4. The van der Waals surface area contributed by atoms with Crippen LogP contribution in [-0.4, -0.2) is 57.8 Å². The molecular formula is C27H32N4O3. The van der Waals surface area contributed by atoms with E-state index in [0.717, 1.165) is 54.8 Å². The Bertz CT molecular complexity index is 1160. The topological polar surface area (TPSA) is 78.5 Å². The summed E-state index contributed by atoms with van der Waals surface area (Å²) in [7, 11) is 0. The molecule has 2 saturated heterocycles. The number of H-pyrrole nitrogens is 1. The number of carbonyl (C=O) groups excluding carboxylic acids is 2. The van der Waals surface area contributed by atoms with Crippen molar-refractivity contribution < 1.29 is 14.3 Å². The van der Waals surface area contributed by atoms with Gasteiger partial charge in [0.25, 0.3) is 0 Å². The molecule has 2 atom stereocenters. The van der Waals surface area contributed by atoms with Crippen molar-refractivity contribution in [1.29, 1.82) is 0 Å². The maximum atomic E-state index is 13.5. The van der Waals surface area contributed by atoms with Crippen LogP contribution in [0.15, 0.2) is 48.5 Å². The number of rotatable bonds is 6. The van der Waals surface area contributed by atoms with Crippen LogP contribution in [-0.2, 0) is 9.59 Å². The monoisotopic (exact) mass is 460 g/mol. The molecule has 2 fully saturated rings. The van der Waals surface area contributed by atoms with Gasteiger partial charge in [-0.25, -0.2) is 4.98 Å². The number of hydrogen-bond acceptors (Lipinski definition) is 4. The number of piperidine rings is 1. The number of hydrogen-bond donors (Lipinski definition) is 1. The minimum atomic E-state index is -0.153. The highest BCUT2D eigenvalue weighted by Gasteiger charge is 2.37. The highest BCUT2D eigenvalue weighted by molar-refractivity contribution is 5.82. The molecule has 0 aliphatic carbocycles. The summed E-state index contributed by atoms with van der Waals surface area (Å²) in [5, 5.41) is 0. The average Bonchev–Trinajstić information content (AvgIpc) is 3.51. The van der Waals surface area contributed by atoms with E-state index in [1.807, 2.05) is 46.2 Å². The van der Waals surface area contributed by atoms with Crippen LogP contribution in [0, 0.1) is 12.8 Å². The molecule has 3 aromatic rings. The fourth-order valence-electron chi connectivity index (χ4n) is 5.19. The Labute approximate surface area is 200 Å². The Morgan fingerprint density at radius 2 is 1.91 bits per heavy atom. The second kappa shape index (κ2) is 9.87. The van der Waals surface area contributed by atoms with Crippen molar-refractivity contribution in [2.45, 2.75) is 45.1 Å². The Morgan fingerprint density at radius 1 is 1.09 bits per heavy atom. The highest BCUT2D eigenvalue weighted by Crippen LogP contribution is 2.34. The van der Waals surface area contributed by atoms with E-state index in [-0.39, 0.29) is 23.8 Å². The number of likely N-dealkylation sites (tertiary alicyclic amines) is 2. The third-order valence-corrected chi connectivity index (χ3v) is 6.96. The summed E-state index contributed by atoms with van der Waals surface area (Å²) in [4.78, 5) is 38.4. The first-order chi connectivity index (χ1) is 16.6. The van der Waals surface area contributed by atoms with Gasteiger partial charge in [0.05, 0.1) is 36.0 Å². The van der Waals surface area contributed by atoms with Crippen LogP contribution in [0.3, 0.4) is 0 Å². The Kier molecular flexibility index (Phi) is 6.52. The third-order valence-electron chi connectivity index (χ3n) is 6.96. The minimum absolute atomic E-state index is 0.0226. The van der Waals surface area contributed by atoms with Crippen molar-refractivity contribution in [3.63, 3.8) is 0 Å². The predicted molar refractivity (Wildman–Crippen MR) is 130 cm³/mol. The van der Waals surface area contributed by atoms with Gasteiger partial charge in [0.2, 0.25) is 11.8 Å². The van der Waals surface area contributed by atoms with Gasteiger partial charge in [-0.05, 0) is 62.4 Å². The number of amides is 2. The van der Waals surface area contributed by atoms with Crippen LogP contribution in [0.5, 0.6) is 5.75 Å². The molecule has 0 saturated carbocycles. The van der Waals surface area contributed by atoms with Crippen LogP contribution in [0.2, 0.25) is 0 Å². The molecular weight excluding hydrogens is 428 g/mol. The number of nitrogens with one attached hydrogen (secondary N) is 1. The summed E-state index contributed by atoms with van der Waals surface area (Å²) in [6.07, 6.45) is 3.88. The molecule has 2 aliphatic rings. The van der Waals surface area contributed by atoms with E-state index >= 15 is 0 Å². The van der Waals surface area contributed by atoms with E-state index in [2.05, 4.69) is 24.0 Å². The van der Waals surface area contributed by atoms with Crippen molar-refractivity contribution >= 4 is 22.8 Å². The molecule has 2 unspecified atom stereocenters. The van der Waals surface area contributed by atoms with E-state index in [4.69, 9.17) is 9.72 Å². The smallest absolute Gasteiger partial charge is 0.228 e. The number of benzene rings is 2. The molecule has 0 radical (unpaired) electrons. The van der Waals surface area contributed by atoms with E-state index in [0.29, 0.717) is 26.1 Å². The fraction of sp³-hybridized carbons (Fsp3) is 0.444. The van der Waals surface area contributed by atoms with Gasteiger partial charge in [-0.3, -0.25) is 9.59 Å². The van der Waals surface area contributed by atoms with Gasteiger partial charge < -0.3 is 19.5 Å². The SMILES string of the molecule is Cc1ccc2nc(C3CCCN3C(=O)C3CCCN(C(=O)CCOc4ccccc4)C3)[nH]c2c1. The number of imidazole rings is 1. The first-order valence-electron chi connectivity index (χ1n) is 12.3. The van der Waals surface area contributed by atoms with Gasteiger partial charge in [-0.1, -0.05) is 24.3 Å². The first-order valence-corrected chi connectivity index (χ1v) is 12.3. The second-order valence-electron chi connectivity index (χ2n) is 9.42. The summed E-state index contributed by atoms with van der Waals surface area (Å²) in [6, 6.07) is 15.7. The van der Waals surface area contributed by atoms with Crippen LogP contribution in [0.4, 0.5) is 0 Å². The fourth-order valence-corrected chi connectivity index (χ4v) is 5.19. The Balaban J connectivity index is 1.20. The summed E-state index contributed by atoms with van der Waals surface area (Å²) < 4.78 is 5.69. The number of nitrogens with zero attached hydrogens (tertiary/aromatic N) is 3. The molecule has 5 rings (SSSR count). The van der Waals surface area contributed by atoms with E-state index in [1.54, 1.807) is 0 Å². The zero-order valence-electron chi connectivity index (χ0n) is 19.7. The van der Waals surface area contributed by atoms with Gasteiger partial charge in [-0.15, -0.1) is 0 Å². The van der Waals surface area contributed by atoms with E-state index < -0.39 is 0 Å². The lowest BCUT2D eigenvalue weighted by molar-refractivity contribution is -0.141. The van der Waals surface area contributed by atoms with Crippen LogP contribution >= 0.6 is 0 Å². The normalized spacial score (nSPS) is 20.6. The number of fused-ring (bicyclic) bond motifs is 1. The summed E-state index contributed by atoms with van der Waals surface area (Å²) in [5.74, 6) is 1.69. The molecule has 0 spiro atoms. The van der Waals surface area contributed by atoms with Crippen molar-refractivity contribution in [3.8, 4) is 5.75 Å². The molecule has 178 valence electrons. The number of aromatic nitrogens is 2. The van der Waals surface area contributed by atoms with Gasteiger partial charge in [0.1, 0.15) is 11.6 Å². The molecule has 1 N–H and O–H groups in total. The third kappa shape index (κ3) is 4.79. The van der Waals surface area contributed by atoms with Gasteiger partial charge in [0, 0.05) is 19.6 Å². The molecule has 3 heterocycles. The number of aromatic amines is 1. The predicted octanol–water partition coefficient (Wildman–Crippen LogP) is 4.24. The average molecular weight is 461 g/mol. The van der Waals surface area contributed by atoms with Crippen molar-refractivity contribution in [2.75, 3.05) is 26.2 Å². The Hall–Kier alpha value is -3.35. The van der Waals surface area contributed by atoms with E-state index in [9.17, 15) is 9.59 Å². The van der Waals surface area contributed by atoms with Crippen LogP contribution < -0.4 is 4.74 Å². The van der Waals surface area contributed by atoms with Crippen molar-refractivity contribution in [3.05, 3.63) is 59.9 Å². The van der Waals surface area contributed by atoms with Crippen molar-refractivity contribution in [1.82, 2.24) is 19.8 Å². The highest BCUT2D eigenvalue weighted by atomic mass is 16.5. The molecule has 2 amide bonds. The van der Waals surface area contributed by atoms with E-state index in [1.165, 1.54) is 5.56 Å². The van der Waals surface area contributed by atoms with Crippen LogP contribution in [0.25, 0.3) is 11.0 Å². The lowest BCUT2D eigenvalue weighted by Crippen LogP contribution is -2.46. The second-order valence-corrected chi connectivity index (χ2v) is 9.42. The maximum absolute atomic E-state index is 13.5. The Morgan fingerprint density at radius 3 is 2.76 bits per heavy atom. The zero-order valence-corrected chi connectivity index (χ0v) is 19.7. The lowest BCUT2D eigenvalue weighted by atomic mass is 9.96. The maximum Gasteiger partial charge on any atom is 0.228 e. The van der Waals surface area contributed by atoms with Gasteiger partial charge in [0.15, 0.2) is 0 Å². The van der Waals surface area contributed by atoms with Gasteiger partial charge in [-0.2, -0.15) is 0 Å². The summed E-state index contributed by atoms with van der Waals surface area (Å²) >= 11 is 0. The molecule has 34 heavy (non-hydrogen) atoms. The molecule has 2 aromatic carbocycles. The van der Waals surface area contributed by atoms with Crippen LogP contribution in [0.1, 0.15) is 49.5 Å².